The van der Waals surface area contributed by atoms with E-state index in [0.29, 0.717) is 11.1 Å². The molecule has 0 atom stereocenters. The van der Waals surface area contributed by atoms with Gasteiger partial charge in [-0.2, -0.15) is 13.2 Å². The number of benzene rings is 1. The maximum atomic E-state index is 12.4. The van der Waals surface area contributed by atoms with E-state index in [2.05, 4.69) is 15.9 Å². The molecule has 0 aliphatic rings. The van der Waals surface area contributed by atoms with Crippen molar-refractivity contribution in [2.24, 2.45) is 0 Å². The number of alkyl halides is 4. The second kappa shape index (κ2) is 3.70. The van der Waals surface area contributed by atoms with Crippen LogP contribution in [-0.4, -0.2) is 0 Å². The van der Waals surface area contributed by atoms with Crippen LogP contribution in [0.5, 0.6) is 0 Å². The van der Waals surface area contributed by atoms with E-state index >= 15 is 0 Å². The van der Waals surface area contributed by atoms with Crippen molar-refractivity contribution in [1.29, 1.82) is 0 Å². The molecule has 1 aromatic carbocycles. The number of hydrogen-bond acceptors (Lipinski definition) is 0. The van der Waals surface area contributed by atoms with Gasteiger partial charge in [0, 0.05) is 5.33 Å². The Bertz CT molecular complexity index is 304. The molecule has 1 aromatic rings. The van der Waals surface area contributed by atoms with Crippen LogP contribution in [0, 0.1) is 6.92 Å². The van der Waals surface area contributed by atoms with Gasteiger partial charge in [0.2, 0.25) is 0 Å². The Kier molecular flexibility index (Phi) is 3.01. The van der Waals surface area contributed by atoms with E-state index in [1.54, 1.807) is 13.0 Å². The molecule has 0 bridgehead atoms. The summed E-state index contributed by atoms with van der Waals surface area (Å²) in [5.74, 6) is 0. The predicted octanol–water partition coefficient (Wildman–Crippen LogP) is 3.91. The molecule has 4 heteroatoms. The Morgan fingerprint density at radius 1 is 1.31 bits per heavy atom. The minimum atomic E-state index is -4.25. The average molecular weight is 253 g/mol. The third-order valence-corrected chi connectivity index (χ3v) is 2.41. The first-order chi connectivity index (χ1) is 5.96. The first-order valence-corrected chi connectivity index (χ1v) is 4.80. The summed E-state index contributed by atoms with van der Waals surface area (Å²) < 4.78 is 37.2. The zero-order chi connectivity index (χ0) is 10.1. The third kappa shape index (κ3) is 2.24. The van der Waals surface area contributed by atoms with Crippen molar-refractivity contribution in [3.63, 3.8) is 0 Å². The molecule has 13 heavy (non-hydrogen) atoms. The highest BCUT2D eigenvalue weighted by Crippen LogP contribution is 2.34. The second-order valence-corrected chi connectivity index (χ2v) is 3.29. The van der Waals surface area contributed by atoms with E-state index in [1.165, 1.54) is 6.07 Å². The number of aryl methyl sites for hydroxylation is 1. The van der Waals surface area contributed by atoms with Gasteiger partial charge >= 0.3 is 6.18 Å². The van der Waals surface area contributed by atoms with Crippen molar-refractivity contribution >= 4 is 15.9 Å². The molecule has 0 saturated carbocycles. The first kappa shape index (κ1) is 10.6. The fourth-order valence-electron chi connectivity index (χ4n) is 1.15. The topological polar surface area (TPSA) is 0 Å². The molecule has 0 unspecified atom stereocenters. The van der Waals surface area contributed by atoms with E-state index in [-0.39, 0.29) is 5.33 Å². The molecule has 0 fully saturated rings. The molecule has 0 N–H and O–H groups in total. The molecule has 0 nitrogen and oxygen atoms in total. The normalized spacial score (nSPS) is 11.8. The molecule has 1 rings (SSSR count). The summed E-state index contributed by atoms with van der Waals surface area (Å²) in [6.45, 7) is 1.67. The maximum absolute atomic E-state index is 12.4. The van der Waals surface area contributed by atoms with Gasteiger partial charge in [-0.3, -0.25) is 0 Å². The van der Waals surface area contributed by atoms with E-state index in [1.807, 2.05) is 0 Å². The maximum Gasteiger partial charge on any atom is 0.416 e. The van der Waals surface area contributed by atoms with Crippen LogP contribution in [0.15, 0.2) is 18.2 Å². The molecule has 0 radical (unpaired) electrons. The zero-order valence-corrected chi connectivity index (χ0v) is 8.54. The summed E-state index contributed by atoms with van der Waals surface area (Å²) >= 11 is 3.05. The lowest BCUT2D eigenvalue weighted by atomic mass is 10.0. The fraction of sp³-hybridized carbons (Fsp3) is 0.333. The van der Waals surface area contributed by atoms with Crippen LogP contribution in [0.3, 0.4) is 0 Å². The van der Waals surface area contributed by atoms with Crippen molar-refractivity contribution in [3.8, 4) is 0 Å². The van der Waals surface area contributed by atoms with Crippen molar-refractivity contribution in [2.75, 3.05) is 0 Å². The van der Waals surface area contributed by atoms with Crippen LogP contribution in [0.1, 0.15) is 16.7 Å². The Balaban J connectivity index is 3.29. The van der Waals surface area contributed by atoms with Gasteiger partial charge in [-0.1, -0.05) is 28.1 Å². The summed E-state index contributed by atoms with van der Waals surface area (Å²) in [4.78, 5) is 0. The summed E-state index contributed by atoms with van der Waals surface area (Å²) in [6, 6.07) is 4.19. The fourth-order valence-corrected chi connectivity index (χ4v) is 1.89. The van der Waals surface area contributed by atoms with Crippen molar-refractivity contribution < 1.29 is 13.2 Å². The highest BCUT2D eigenvalue weighted by Gasteiger charge is 2.33. The number of halogens is 4. The molecule has 0 aromatic heterocycles. The SMILES string of the molecule is Cc1cccc(C(F)(F)F)c1CBr. The van der Waals surface area contributed by atoms with E-state index < -0.39 is 11.7 Å². The van der Waals surface area contributed by atoms with Gasteiger partial charge in [0.15, 0.2) is 0 Å². The highest BCUT2D eigenvalue weighted by molar-refractivity contribution is 9.08. The van der Waals surface area contributed by atoms with Crippen molar-refractivity contribution in [2.45, 2.75) is 18.4 Å². The molecular formula is C9H8BrF3. The smallest absolute Gasteiger partial charge is 0.166 e. The molecule has 72 valence electrons. The van der Waals surface area contributed by atoms with Crippen LogP contribution >= 0.6 is 15.9 Å². The minimum absolute atomic E-state index is 0.231. The zero-order valence-electron chi connectivity index (χ0n) is 6.95. The number of hydrogen-bond donors (Lipinski definition) is 0. The minimum Gasteiger partial charge on any atom is -0.166 e. The molecule has 0 spiro atoms. The predicted molar refractivity (Wildman–Crippen MR) is 48.8 cm³/mol. The van der Waals surface area contributed by atoms with Crippen molar-refractivity contribution in [1.82, 2.24) is 0 Å². The lowest BCUT2D eigenvalue weighted by Crippen LogP contribution is -2.09. The summed E-state index contributed by atoms with van der Waals surface area (Å²) in [7, 11) is 0. The van der Waals surface area contributed by atoms with Gasteiger partial charge in [-0.05, 0) is 24.1 Å². The highest BCUT2D eigenvalue weighted by atomic mass is 79.9. The monoisotopic (exact) mass is 252 g/mol. The molecule has 0 heterocycles. The third-order valence-electron chi connectivity index (χ3n) is 1.85. The van der Waals surface area contributed by atoms with E-state index in [4.69, 9.17) is 0 Å². The lowest BCUT2D eigenvalue weighted by molar-refractivity contribution is -0.138. The van der Waals surface area contributed by atoms with Gasteiger partial charge in [0.05, 0.1) is 5.56 Å². The molecule has 0 amide bonds. The van der Waals surface area contributed by atoms with E-state index in [0.717, 1.165) is 6.07 Å². The lowest BCUT2D eigenvalue weighted by Gasteiger charge is -2.12. The van der Waals surface area contributed by atoms with Gasteiger partial charge < -0.3 is 0 Å². The first-order valence-electron chi connectivity index (χ1n) is 3.68. The summed E-state index contributed by atoms with van der Waals surface area (Å²) in [6.07, 6.45) is -4.25. The quantitative estimate of drug-likeness (QED) is 0.665. The van der Waals surface area contributed by atoms with Crippen LogP contribution in [-0.2, 0) is 11.5 Å². The molecule has 0 aliphatic carbocycles. The average Bonchev–Trinajstić information content (AvgIpc) is 2.02. The Hall–Kier alpha value is -0.510. The van der Waals surface area contributed by atoms with E-state index in [9.17, 15) is 13.2 Å². The molecule has 0 aliphatic heterocycles. The number of rotatable bonds is 1. The van der Waals surface area contributed by atoms with Crippen LogP contribution in [0.2, 0.25) is 0 Å². The molecular weight excluding hydrogens is 245 g/mol. The van der Waals surface area contributed by atoms with Crippen molar-refractivity contribution in [3.05, 3.63) is 34.9 Å². The largest absolute Gasteiger partial charge is 0.416 e. The van der Waals surface area contributed by atoms with Gasteiger partial charge in [-0.25, -0.2) is 0 Å². The molecule has 0 saturated heterocycles. The summed E-state index contributed by atoms with van der Waals surface area (Å²) in [5, 5.41) is 0.231. The van der Waals surface area contributed by atoms with Crippen LogP contribution in [0.4, 0.5) is 13.2 Å². The van der Waals surface area contributed by atoms with Crippen LogP contribution < -0.4 is 0 Å². The Labute approximate surface area is 82.9 Å². The van der Waals surface area contributed by atoms with Gasteiger partial charge in [0.1, 0.15) is 0 Å². The standard InChI is InChI=1S/C9H8BrF3/c1-6-3-2-4-8(7(6)5-10)9(11,12)13/h2-4H,5H2,1H3. The van der Waals surface area contributed by atoms with Gasteiger partial charge in [0.25, 0.3) is 0 Å². The Morgan fingerprint density at radius 3 is 2.31 bits per heavy atom. The van der Waals surface area contributed by atoms with Crippen LogP contribution in [0.25, 0.3) is 0 Å². The van der Waals surface area contributed by atoms with Gasteiger partial charge in [-0.15, -0.1) is 0 Å². The second-order valence-electron chi connectivity index (χ2n) is 2.73. The summed E-state index contributed by atoms with van der Waals surface area (Å²) in [5.41, 5.74) is 0.422. The Morgan fingerprint density at radius 2 is 1.92 bits per heavy atom.